The third-order valence-corrected chi connectivity index (χ3v) is 15.6. The fourth-order valence-electron chi connectivity index (χ4n) is 12.4. The summed E-state index contributed by atoms with van der Waals surface area (Å²) < 4.78 is 0. The summed E-state index contributed by atoms with van der Waals surface area (Å²) >= 11 is 0. The lowest BCUT2D eigenvalue weighted by atomic mass is 9.33. The van der Waals surface area contributed by atoms with Crippen molar-refractivity contribution in [1.82, 2.24) is 19.9 Å². The lowest BCUT2D eigenvalue weighted by Gasteiger charge is -2.30. The van der Waals surface area contributed by atoms with E-state index in [1.807, 2.05) is 0 Å². The highest BCUT2D eigenvalue weighted by Crippen LogP contribution is 2.45. The van der Waals surface area contributed by atoms with Gasteiger partial charge in [0.2, 0.25) is 6.71 Å². The van der Waals surface area contributed by atoms with Crippen LogP contribution in [0.1, 0.15) is 35.2 Å². The molecule has 0 bridgehead atoms. The maximum absolute atomic E-state index is 5.68. The first-order chi connectivity index (χ1) is 38.4. The van der Waals surface area contributed by atoms with E-state index in [-0.39, 0.29) is 6.71 Å². The SMILES string of the molecule is Cc1cc(C)c(B2c3cccc4c(-c5nc(C6=CC=CCC6)cc(N(c6ccccc6)c6ccccc6)n5)cc5cc(-c6nc(-c7ccccc7)cc(N(c7ccccc7)c7ccccc7)n6)c6cccc2c6c5c34)c(C)c1. The van der Waals surface area contributed by atoms with Gasteiger partial charge in [-0.25, -0.2) is 19.9 Å². The Kier molecular flexibility index (Phi) is 11.7. The minimum atomic E-state index is -0.0633. The zero-order valence-corrected chi connectivity index (χ0v) is 43.8. The summed E-state index contributed by atoms with van der Waals surface area (Å²) in [7, 11) is 0. The Bertz CT molecular complexity index is 4250. The second-order valence-electron chi connectivity index (χ2n) is 20.6. The monoisotopic (exact) mass is 1000 g/mol. The number of anilines is 6. The molecule has 0 N–H and O–H groups in total. The summed E-state index contributed by atoms with van der Waals surface area (Å²) in [5.74, 6) is 2.87. The molecular weight excluding hydrogens is 948 g/mol. The first-order valence-corrected chi connectivity index (χ1v) is 27.0. The molecule has 2 aromatic heterocycles. The first-order valence-electron chi connectivity index (χ1n) is 27.0. The Morgan fingerprint density at radius 2 is 0.872 bits per heavy atom. The zero-order chi connectivity index (χ0) is 52.3. The fraction of sp³-hybridized carbons (Fsp3) is 0.0704. The van der Waals surface area contributed by atoms with Gasteiger partial charge in [0.15, 0.2) is 11.6 Å². The molecule has 0 unspecified atom stereocenters. The van der Waals surface area contributed by atoms with E-state index in [1.165, 1.54) is 54.8 Å². The summed E-state index contributed by atoms with van der Waals surface area (Å²) in [6.45, 7) is 6.70. The molecule has 6 nitrogen and oxygen atoms in total. The van der Waals surface area contributed by atoms with Gasteiger partial charge in [-0.3, -0.25) is 9.80 Å². The number of aromatic nitrogens is 4. The van der Waals surface area contributed by atoms with Crippen molar-refractivity contribution in [3.8, 4) is 34.0 Å². The number of hydrogen-bond acceptors (Lipinski definition) is 6. The maximum atomic E-state index is 5.68. The van der Waals surface area contributed by atoms with Crippen molar-refractivity contribution < 1.29 is 0 Å². The highest BCUT2D eigenvalue weighted by molar-refractivity contribution is 7.00. The standard InChI is InChI=1S/C71H53BN6/c1-46-40-47(2)69(48(3)41-46)72-60-38-22-36-56-58(70-73-62(49-24-10-4-11-25-49)44-64(75-70)77(52-28-14-6-15-29-52)53-30-16-7-17-31-53)42-51-43-59(57-37-23-39-61(72)68(57)66(51)67(56)60)71-74-63(50-26-12-5-13-27-50)45-65(76-71)78(54-32-18-8-19-33-54)55-34-20-9-21-35-55/h4-12,14-26,28-45H,13,27H2,1-3H3. The van der Waals surface area contributed by atoms with Gasteiger partial charge in [-0.05, 0) is 132 Å². The molecule has 2 aliphatic rings. The molecule has 0 saturated heterocycles. The lowest BCUT2D eigenvalue weighted by Crippen LogP contribution is -2.55. The van der Waals surface area contributed by atoms with Crippen LogP contribution in [-0.4, -0.2) is 26.6 Å². The van der Waals surface area contributed by atoms with Gasteiger partial charge < -0.3 is 0 Å². The van der Waals surface area contributed by atoms with Crippen molar-refractivity contribution in [2.24, 2.45) is 0 Å². The zero-order valence-electron chi connectivity index (χ0n) is 43.8. The molecular formula is C71H53BN6. The molecule has 3 heterocycles. The maximum Gasteiger partial charge on any atom is 0.243 e. The van der Waals surface area contributed by atoms with Crippen LogP contribution < -0.4 is 26.2 Å². The molecule has 0 saturated carbocycles. The number of allylic oxidation sites excluding steroid dienone is 4. The minimum Gasteiger partial charge on any atom is -0.295 e. The van der Waals surface area contributed by atoms with Gasteiger partial charge in [-0.2, -0.15) is 0 Å². The highest BCUT2D eigenvalue weighted by atomic mass is 15.2. The summed E-state index contributed by atoms with van der Waals surface area (Å²) in [5.41, 5.74) is 17.6. The second-order valence-corrected chi connectivity index (χ2v) is 20.6. The first kappa shape index (κ1) is 46.8. The van der Waals surface area contributed by atoms with Crippen LogP contribution in [0.2, 0.25) is 0 Å². The Hall–Kier alpha value is -9.72. The predicted octanol–water partition coefficient (Wildman–Crippen LogP) is 16.2. The molecule has 0 spiro atoms. The quantitative estimate of drug-likeness (QED) is 0.0951. The van der Waals surface area contributed by atoms with Crippen LogP contribution >= 0.6 is 0 Å². The molecule has 14 rings (SSSR count). The number of nitrogens with zero attached hydrogens (tertiary/aromatic N) is 6. The fourth-order valence-corrected chi connectivity index (χ4v) is 12.4. The van der Waals surface area contributed by atoms with Crippen LogP contribution in [0.5, 0.6) is 0 Å². The van der Waals surface area contributed by atoms with Gasteiger partial charge in [-0.15, -0.1) is 0 Å². The van der Waals surface area contributed by atoms with E-state index in [0.29, 0.717) is 11.6 Å². The minimum absolute atomic E-state index is 0.0633. The summed E-state index contributed by atoms with van der Waals surface area (Å²) in [4.78, 5) is 27.0. The van der Waals surface area contributed by atoms with Crippen molar-refractivity contribution in [2.45, 2.75) is 33.6 Å². The third kappa shape index (κ3) is 8.14. The average molecular weight is 1000 g/mol. The Morgan fingerprint density at radius 1 is 0.423 bits per heavy atom. The van der Waals surface area contributed by atoms with Gasteiger partial charge >= 0.3 is 0 Å². The largest absolute Gasteiger partial charge is 0.295 e. The molecule has 1 aliphatic heterocycles. The van der Waals surface area contributed by atoms with Crippen molar-refractivity contribution in [3.05, 3.63) is 265 Å². The van der Waals surface area contributed by atoms with E-state index in [4.69, 9.17) is 19.9 Å². The van der Waals surface area contributed by atoms with Gasteiger partial charge in [0.25, 0.3) is 0 Å². The van der Waals surface area contributed by atoms with Crippen LogP contribution in [0.25, 0.3) is 71.9 Å². The van der Waals surface area contributed by atoms with E-state index < -0.39 is 0 Å². The second kappa shape index (κ2) is 19.5. The van der Waals surface area contributed by atoms with Crippen molar-refractivity contribution in [3.63, 3.8) is 0 Å². The van der Waals surface area contributed by atoms with Gasteiger partial charge in [0.1, 0.15) is 11.6 Å². The molecule has 0 amide bonds. The smallest absolute Gasteiger partial charge is 0.243 e. The topological polar surface area (TPSA) is 58.0 Å². The van der Waals surface area contributed by atoms with Gasteiger partial charge in [0, 0.05) is 51.6 Å². The van der Waals surface area contributed by atoms with E-state index in [1.54, 1.807) is 0 Å². The molecule has 10 aromatic carbocycles. The molecule has 370 valence electrons. The van der Waals surface area contributed by atoms with Gasteiger partial charge in [0.05, 0.1) is 11.4 Å². The molecule has 1 aliphatic carbocycles. The van der Waals surface area contributed by atoms with Crippen LogP contribution in [0.4, 0.5) is 34.4 Å². The number of rotatable bonds is 11. The molecule has 12 aromatic rings. The number of aryl methyl sites for hydroxylation is 3. The lowest BCUT2D eigenvalue weighted by molar-refractivity contribution is 1.02. The summed E-state index contributed by atoms with van der Waals surface area (Å²) in [5, 5.41) is 6.97. The highest BCUT2D eigenvalue weighted by Gasteiger charge is 2.35. The van der Waals surface area contributed by atoms with E-state index in [0.717, 1.165) is 91.5 Å². The van der Waals surface area contributed by atoms with Crippen LogP contribution in [0.3, 0.4) is 0 Å². The molecule has 0 radical (unpaired) electrons. The Labute approximate surface area is 455 Å². The van der Waals surface area contributed by atoms with Crippen molar-refractivity contribution >= 4 is 95.4 Å². The Morgan fingerprint density at radius 3 is 1.33 bits per heavy atom. The average Bonchev–Trinajstić information content (AvgIpc) is 2.71. The van der Waals surface area contributed by atoms with Crippen molar-refractivity contribution in [2.75, 3.05) is 9.80 Å². The van der Waals surface area contributed by atoms with E-state index >= 15 is 0 Å². The normalized spacial score (nSPS) is 12.7. The number of para-hydroxylation sites is 4. The third-order valence-electron chi connectivity index (χ3n) is 15.6. The number of hydrogen-bond donors (Lipinski definition) is 0. The van der Waals surface area contributed by atoms with Crippen LogP contribution in [0, 0.1) is 20.8 Å². The molecule has 7 heteroatoms. The molecule has 0 atom stereocenters. The summed E-state index contributed by atoms with van der Waals surface area (Å²) in [6.07, 6.45) is 8.45. The van der Waals surface area contributed by atoms with E-state index in [2.05, 4.69) is 273 Å². The van der Waals surface area contributed by atoms with Crippen molar-refractivity contribution in [1.29, 1.82) is 0 Å². The van der Waals surface area contributed by atoms with Crippen LogP contribution in [-0.2, 0) is 0 Å². The molecule has 0 fully saturated rings. The number of benzene rings is 10. The summed E-state index contributed by atoms with van der Waals surface area (Å²) in [6, 6.07) is 80.0. The van der Waals surface area contributed by atoms with E-state index in [9.17, 15) is 0 Å². The predicted molar refractivity (Wildman–Crippen MR) is 327 cm³/mol. The molecule has 78 heavy (non-hydrogen) atoms. The van der Waals surface area contributed by atoms with Gasteiger partial charge in [-0.1, -0.05) is 203 Å². The van der Waals surface area contributed by atoms with Crippen LogP contribution in [0.15, 0.2) is 243 Å². The Balaban J connectivity index is 1.10.